The lowest BCUT2D eigenvalue weighted by Crippen LogP contribution is -2.42. The van der Waals surface area contributed by atoms with E-state index in [0.29, 0.717) is 36.7 Å². The van der Waals surface area contributed by atoms with Gasteiger partial charge in [0.25, 0.3) is 5.91 Å². The van der Waals surface area contributed by atoms with Crippen molar-refractivity contribution in [1.29, 1.82) is 0 Å². The number of nitrogens with two attached hydrogens (primary N) is 1. The number of methoxy groups -OCH3 is 1. The molecule has 0 fully saturated rings. The average Bonchev–Trinajstić information content (AvgIpc) is 3.34. The molecular formula is C24H23N7O2. The van der Waals surface area contributed by atoms with Crippen molar-refractivity contribution < 1.29 is 9.53 Å². The van der Waals surface area contributed by atoms with E-state index in [1.807, 2.05) is 30.3 Å². The number of H-pyrrole nitrogens is 1. The standard InChI is InChI=1S/C24H23N7O2/c1-33-13-15-6-7-19(26-11-15)17(10-25)24(32)31-9-8-20-21(29-14-28-20)22(31)23-27-12-16-4-2-3-5-18(16)30-23/h2-7,10-12,14,22H,8-9,13,25H2,1H3,(H,28,29)/b17-10+. The number of fused-ring (bicyclic) bond motifs is 2. The third-order valence-electron chi connectivity index (χ3n) is 5.75. The van der Waals surface area contributed by atoms with Crippen molar-refractivity contribution in [2.24, 2.45) is 5.73 Å². The van der Waals surface area contributed by atoms with E-state index in [0.717, 1.165) is 27.9 Å². The van der Waals surface area contributed by atoms with Crippen LogP contribution in [-0.2, 0) is 22.6 Å². The number of hydrogen-bond donors (Lipinski definition) is 2. The zero-order valence-corrected chi connectivity index (χ0v) is 18.1. The minimum absolute atomic E-state index is 0.250. The highest BCUT2D eigenvalue weighted by molar-refractivity contribution is 6.19. The van der Waals surface area contributed by atoms with Crippen LogP contribution in [0.25, 0.3) is 16.5 Å². The number of aromatic nitrogens is 5. The second-order valence-corrected chi connectivity index (χ2v) is 7.77. The van der Waals surface area contributed by atoms with Gasteiger partial charge in [0, 0.05) is 49.7 Å². The van der Waals surface area contributed by atoms with E-state index in [1.165, 1.54) is 6.20 Å². The quantitative estimate of drug-likeness (QED) is 0.456. The van der Waals surface area contributed by atoms with Crippen molar-refractivity contribution in [2.45, 2.75) is 19.1 Å². The van der Waals surface area contributed by atoms with Crippen LogP contribution in [0.5, 0.6) is 0 Å². The van der Waals surface area contributed by atoms with Gasteiger partial charge in [-0.15, -0.1) is 0 Å². The molecule has 9 heteroatoms. The molecule has 9 nitrogen and oxygen atoms in total. The number of benzene rings is 1. The van der Waals surface area contributed by atoms with E-state index in [-0.39, 0.29) is 5.91 Å². The fraction of sp³-hybridized carbons (Fsp3) is 0.208. The van der Waals surface area contributed by atoms with Gasteiger partial charge in [0.2, 0.25) is 0 Å². The lowest BCUT2D eigenvalue weighted by molar-refractivity contribution is -0.127. The third-order valence-corrected chi connectivity index (χ3v) is 5.75. The third kappa shape index (κ3) is 3.83. The summed E-state index contributed by atoms with van der Waals surface area (Å²) in [6, 6.07) is 10.9. The van der Waals surface area contributed by atoms with Gasteiger partial charge in [0.1, 0.15) is 6.04 Å². The Bertz CT molecular complexity index is 1330. The van der Waals surface area contributed by atoms with Gasteiger partial charge in [0.05, 0.1) is 35.4 Å². The first-order valence-corrected chi connectivity index (χ1v) is 10.6. The van der Waals surface area contributed by atoms with E-state index in [4.69, 9.17) is 15.5 Å². The molecule has 166 valence electrons. The van der Waals surface area contributed by atoms with Crippen LogP contribution in [-0.4, -0.2) is 49.4 Å². The normalized spacial score (nSPS) is 16.1. The predicted molar refractivity (Wildman–Crippen MR) is 123 cm³/mol. The van der Waals surface area contributed by atoms with Crippen molar-refractivity contribution in [1.82, 2.24) is 29.8 Å². The average molecular weight is 441 g/mol. The molecule has 1 unspecified atom stereocenters. The number of nitrogens with one attached hydrogen (secondary N) is 1. The molecule has 1 amide bonds. The Morgan fingerprint density at radius 3 is 2.88 bits per heavy atom. The number of amides is 1. The minimum atomic E-state index is -0.542. The van der Waals surface area contributed by atoms with E-state index >= 15 is 0 Å². The van der Waals surface area contributed by atoms with Crippen molar-refractivity contribution in [2.75, 3.05) is 13.7 Å². The molecular weight excluding hydrogens is 418 g/mol. The fourth-order valence-corrected chi connectivity index (χ4v) is 4.13. The number of para-hydroxylation sites is 1. The molecule has 3 N–H and O–H groups in total. The van der Waals surface area contributed by atoms with Crippen molar-refractivity contribution >= 4 is 22.4 Å². The summed E-state index contributed by atoms with van der Waals surface area (Å²) in [7, 11) is 1.62. The number of pyridine rings is 1. The number of nitrogens with zero attached hydrogens (tertiary/aromatic N) is 5. The van der Waals surface area contributed by atoms with Crippen LogP contribution < -0.4 is 5.73 Å². The molecule has 0 bridgehead atoms. The summed E-state index contributed by atoms with van der Waals surface area (Å²) in [6.07, 6.45) is 7.04. The molecule has 1 aromatic carbocycles. The molecule has 3 aromatic heterocycles. The molecule has 1 aliphatic rings. The zero-order chi connectivity index (χ0) is 22.8. The summed E-state index contributed by atoms with van der Waals surface area (Å²) in [5.41, 5.74) is 10.1. The molecule has 33 heavy (non-hydrogen) atoms. The molecule has 0 saturated heterocycles. The van der Waals surface area contributed by atoms with Gasteiger partial charge in [-0.25, -0.2) is 15.0 Å². The highest BCUT2D eigenvalue weighted by Gasteiger charge is 2.37. The van der Waals surface area contributed by atoms with Crippen molar-refractivity contribution in [3.63, 3.8) is 0 Å². The number of imidazole rings is 1. The van der Waals surface area contributed by atoms with Crippen LogP contribution >= 0.6 is 0 Å². The fourth-order valence-electron chi connectivity index (χ4n) is 4.13. The molecule has 0 aliphatic carbocycles. The molecule has 4 aromatic rings. The highest BCUT2D eigenvalue weighted by Crippen LogP contribution is 2.34. The van der Waals surface area contributed by atoms with Gasteiger partial charge in [-0.1, -0.05) is 24.3 Å². The van der Waals surface area contributed by atoms with Crippen LogP contribution in [0, 0.1) is 0 Å². The number of aromatic amines is 1. The largest absolute Gasteiger partial charge is 0.404 e. The lowest BCUT2D eigenvalue weighted by Gasteiger charge is -2.34. The monoisotopic (exact) mass is 441 g/mol. The number of carbonyl (C=O) groups is 1. The number of hydrogen-bond acceptors (Lipinski definition) is 7. The molecule has 1 atom stereocenters. The van der Waals surface area contributed by atoms with Crippen LogP contribution in [0.15, 0.2) is 61.3 Å². The summed E-state index contributed by atoms with van der Waals surface area (Å²) in [5, 5.41) is 0.931. The van der Waals surface area contributed by atoms with Crippen LogP contribution in [0.1, 0.15) is 34.5 Å². The van der Waals surface area contributed by atoms with E-state index in [2.05, 4.69) is 19.9 Å². The van der Waals surface area contributed by atoms with Crippen LogP contribution in [0.2, 0.25) is 0 Å². The molecule has 1 aliphatic heterocycles. The van der Waals surface area contributed by atoms with Gasteiger partial charge in [-0.2, -0.15) is 0 Å². The van der Waals surface area contributed by atoms with Gasteiger partial charge in [-0.3, -0.25) is 9.78 Å². The molecule has 0 saturated carbocycles. The van der Waals surface area contributed by atoms with Crippen LogP contribution in [0.3, 0.4) is 0 Å². The first-order chi connectivity index (χ1) is 16.2. The van der Waals surface area contributed by atoms with Crippen LogP contribution in [0.4, 0.5) is 0 Å². The number of ether oxygens (including phenoxy) is 1. The highest BCUT2D eigenvalue weighted by atomic mass is 16.5. The van der Waals surface area contributed by atoms with Gasteiger partial charge < -0.3 is 20.4 Å². The summed E-state index contributed by atoms with van der Waals surface area (Å²) in [5.74, 6) is 0.259. The Morgan fingerprint density at radius 1 is 1.21 bits per heavy atom. The van der Waals surface area contributed by atoms with Crippen molar-refractivity contribution in [3.8, 4) is 0 Å². The summed E-state index contributed by atoms with van der Waals surface area (Å²) in [6.45, 7) is 0.909. The van der Waals surface area contributed by atoms with Crippen molar-refractivity contribution in [3.05, 3.63) is 89.8 Å². The van der Waals surface area contributed by atoms with Gasteiger partial charge >= 0.3 is 0 Å². The Hall–Kier alpha value is -4.11. The molecule has 5 rings (SSSR count). The smallest absolute Gasteiger partial charge is 0.258 e. The molecule has 0 radical (unpaired) electrons. The second kappa shape index (κ2) is 8.79. The van der Waals surface area contributed by atoms with Gasteiger partial charge in [-0.05, 0) is 17.7 Å². The van der Waals surface area contributed by atoms with Gasteiger partial charge in [0.15, 0.2) is 5.82 Å². The van der Waals surface area contributed by atoms with E-state index < -0.39 is 6.04 Å². The molecule has 4 heterocycles. The Balaban J connectivity index is 1.54. The predicted octanol–water partition coefficient (Wildman–Crippen LogP) is 2.37. The summed E-state index contributed by atoms with van der Waals surface area (Å²) >= 11 is 0. The number of carbonyl (C=O) groups excluding carboxylic acids is 1. The number of rotatable bonds is 5. The van der Waals surface area contributed by atoms with E-state index in [9.17, 15) is 4.79 Å². The SMILES string of the molecule is COCc1ccc(/C(=C\N)C(=O)N2CCc3[nH]cnc3C2c2ncc3ccccc3n2)nc1. The topological polar surface area (TPSA) is 123 Å². The first-order valence-electron chi connectivity index (χ1n) is 10.6. The Labute approximate surface area is 190 Å². The lowest BCUT2D eigenvalue weighted by atomic mass is 9.99. The van der Waals surface area contributed by atoms with E-state index in [1.54, 1.807) is 36.8 Å². The maximum Gasteiger partial charge on any atom is 0.258 e. The first kappa shape index (κ1) is 20.8. The minimum Gasteiger partial charge on any atom is -0.404 e. The Kier molecular flexibility index (Phi) is 5.54. The summed E-state index contributed by atoms with van der Waals surface area (Å²) in [4.78, 5) is 36.9. The maximum atomic E-state index is 13.7. The Morgan fingerprint density at radius 2 is 2.09 bits per heavy atom. The zero-order valence-electron chi connectivity index (χ0n) is 18.1. The maximum absolute atomic E-state index is 13.7. The summed E-state index contributed by atoms with van der Waals surface area (Å²) < 4.78 is 5.14. The second-order valence-electron chi connectivity index (χ2n) is 7.77. The molecule has 0 spiro atoms.